The van der Waals surface area contributed by atoms with E-state index in [1.165, 1.54) is 24.3 Å². The summed E-state index contributed by atoms with van der Waals surface area (Å²) in [6.07, 6.45) is 0. The predicted molar refractivity (Wildman–Crippen MR) is 73.0 cm³/mol. The number of nitro groups is 1. The molecule has 0 bridgehead atoms. The molecule has 7 nitrogen and oxygen atoms in total. The van der Waals surface area contributed by atoms with Crippen LogP contribution in [0.1, 0.15) is 31.1 Å². The highest BCUT2D eigenvalue weighted by Gasteiger charge is 2.36. The van der Waals surface area contributed by atoms with Gasteiger partial charge in [-0.1, -0.05) is 13.8 Å². The number of carbonyl (C=O) groups is 2. The van der Waals surface area contributed by atoms with E-state index in [1.54, 1.807) is 20.8 Å². The molecule has 1 aromatic carbocycles. The van der Waals surface area contributed by atoms with Crippen molar-refractivity contribution in [2.75, 3.05) is 0 Å². The fourth-order valence-electron chi connectivity index (χ4n) is 1.53. The lowest BCUT2D eigenvalue weighted by Gasteiger charge is -2.31. The molecule has 1 atom stereocenters. The van der Waals surface area contributed by atoms with Gasteiger partial charge in [0, 0.05) is 17.7 Å². The second-order valence-corrected chi connectivity index (χ2v) is 4.98. The van der Waals surface area contributed by atoms with Crippen molar-refractivity contribution >= 4 is 17.5 Å². The van der Waals surface area contributed by atoms with E-state index in [0.717, 1.165) is 0 Å². The Morgan fingerprint density at radius 3 is 2.15 bits per heavy atom. The van der Waals surface area contributed by atoms with Crippen LogP contribution in [-0.4, -0.2) is 22.3 Å². The van der Waals surface area contributed by atoms with E-state index in [2.05, 4.69) is 5.32 Å². The van der Waals surface area contributed by atoms with Crippen LogP contribution >= 0.6 is 0 Å². The minimum atomic E-state index is -1.18. The minimum Gasteiger partial charge on any atom is -0.368 e. The van der Waals surface area contributed by atoms with Crippen LogP contribution in [-0.2, 0) is 4.79 Å². The van der Waals surface area contributed by atoms with Gasteiger partial charge in [0.2, 0.25) is 5.91 Å². The van der Waals surface area contributed by atoms with Gasteiger partial charge in [-0.05, 0) is 25.0 Å². The maximum absolute atomic E-state index is 12.1. The van der Waals surface area contributed by atoms with Crippen LogP contribution < -0.4 is 11.1 Å². The zero-order valence-electron chi connectivity index (χ0n) is 11.5. The van der Waals surface area contributed by atoms with E-state index in [1.807, 2.05) is 0 Å². The van der Waals surface area contributed by atoms with Crippen molar-refractivity contribution in [2.45, 2.75) is 26.3 Å². The molecule has 0 aliphatic rings. The normalized spacial score (nSPS) is 13.6. The van der Waals surface area contributed by atoms with E-state index < -0.39 is 22.3 Å². The standard InChI is InChI=1S/C13H17N3O4/c1-8(2)13(3,12(14)18)15-11(17)9-4-6-10(7-5-9)16(19)20/h4-8H,1-3H3,(H2,14,18)(H,15,17)/t13-/m1/s1. The van der Waals surface area contributed by atoms with Crippen LogP contribution in [0.3, 0.4) is 0 Å². The van der Waals surface area contributed by atoms with Crippen molar-refractivity contribution in [3.63, 3.8) is 0 Å². The Kier molecular flexibility index (Phi) is 4.44. The summed E-state index contributed by atoms with van der Waals surface area (Å²) in [6, 6.07) is 5.11. The number of hydrogen-bond acceptors (Lipinski definition) is 4. The fourth-order valence-corrected chi connectivity index (χ4v) is 1.53. The summed E-state index contributed by atoms with van der Waals surface area (Å²) >= 11 is 0. The number of primary amides is 1. The molecule has 0 saturated heterocycles. The van der Waals surface area contributed by atoms with Crippen LogP contribution in [0.15, 0.2) is 24.3 Å². The third-order valence-electron chi connectivity index (χ3n) is 3.38. The molecule has 0 aliphatic carbocycles. The summed E-state index contributed by atoms with van der Waals surface area (Å²) < 4.78 is 0. The maximum Gasteiger partial charge on any atom is 0.269 e. The number of non-ortho nitro benzene ring substituents is 1. The van der Waals surface area contributed by atoms with Gasteiger partial charge in [-0.2, -0.15) is 0 Å². The number of hydrogen-bond donors (Lipinski definition) is 2. The van der Waals surface area contributed by atoms with Crippen LogP contribution in [0.4, 0.5) is 5.69 Å². The van der Waals surface area contributed by atoms with Gasteiger partial charge in [-0.25, -0.2) is 0 Å². The largest absolute Gasteiger partial charge is 0.368 e. The van der Waals surface area contributed by atoms with Crippen molar-refractivity contribution in [3.05, 3.63) is 39.9 Å². The van der Waals surface area contributed by atoms with Gasteiger partial charge < -0.3 is 11.1 Å². The van der Waals surface area contributed by atoms with E-state index in [-0.39, 0.29) is 17.2 Å². The second kappa shape index (κ2) is 5.68. The first-order chi connectivity index (χ1) is 9.18. The fraction of sp³-hybridized carbons (Fsp3) is 0.385. The first kappa shape index (κ1) is 15.6. The minimum absolute atomic E-state index is 0.108. The quantitative estimate of drug-likeness (QED) is 0.622. The summed E-state index contributed by atoms with van der Waals surface area (Å²) in [5.41, 5.74) is 4.25. The molecule has 108 valence electrons. The molecule has 7 heteroatoms. The van der Waals surface area contributed by atoms with Crippen molar-refractivity contribution < 1.29 is 14.5 Å². The lowest BCUT2D eigenvalue weighted by molar-refractivity contribution is -0.384. The molecule has 0 aromatic heterocycles. The zero-order chi connectivity index (χ0) is 15.5. The number of nitrogens with one attached hydrogen (secondary N) is 1. The lowest BCUT2D eigenvalue weighted by Crippen LogP contribution is -2.58. The Labute approximate surface area is 116 Å². The van der Waals surface area contributed by atoms with Gasteiger partial charge in [0.25, 0.3) is 11.6 Å². The second-order valence-electron chi connectivity index (χ2n) is 4.98. The van der Waals surface area contributed by atoms with Gasteiger partial charge in [-0.15, -0.1) is 0 Å². The van der Waals surface area contributed by atoms with Crippen molar-refractivity contribution in [2.24, 2.45) is 11.7 Å². The monoisotopic (exact) mass is 279 g/mol. The highest BCUT2D eigenvalue weighted by atomic mass is 16.6. The van der Waals surface area contributed by atoms with Gasteiger partial charge >= 0.3 is 0 Å². The van der Waals surface area contributed by atoms with Crippen LogP contribution in [0.5, 0.6) is 0 Å². The van der Waals surface area contributed by atoms with E-state index in [9.17, 15) is 19.7 Å². The first-order valence-corrected chi connectivity index (χ1v) is 6.05. The smallest absolute Gasteiger partial charge is 0.269 e. The topological polar surface area (TPSA) is 115 Å². The zero-order valence-corrected chi connectivity index (χ0v) is 11.5. The molecule has 2 amide bonds. The summed E-state index contributed by atoms with van der Waals surface area (Å²) in [6.45, 7) is 5.07. The summed E-state index contributed by atoms with van der Waals surface area (Å²) in [7, 11) is 0. The third-order valence-corrected chi connectivity index (χ3v) is 3.38. The van der Waals surface area contributed by atoms with E-state index >= 15 is 0 Å². The molecular formula is C13H17N3O4. The average Bonchev–Trinajstić information content (AvgIpc) is 2.38. The summed E-state index contributed by atoms with van der Waals surface area (Å²) in [4.78, 5) is 33.5. The van der Waals surface area contributed by atoms with Crippen LogP contribution in [0, 0.1) is 16.0 Å². The Bertz CT molecular complexity index is 539. The third kappa shape index (κ3) is 3.11. The van der Waals surface area contributed by atoms with Gasteiger partial charge in [0.15, 0.2) is 0 Å². The highest BCUT2D eigenvalue weighted by molar-refractivity contribution is 5.99. The average molecular weight is 279 g/mol. The molecule has 0 unspecified atom stereocenters. The molecule has 0 radical (unpaired) electrons. The predicted octanol–water partition coefficient (Wildman–Crippen LogP) is 1.22. The van der Waals surface area contributed by atoms with E-state index in [4.69, 9.17) is 5.73 Å². The molecule has 0 saturated carbocycles. The van der Waals surface area contributed by atoms with Crippen molar-refractivity contribution in [3.8, 4) is 0 Å². The number of carbonyl (C=O) groups excluding carboxylic acids is 2. The molecule has 20 heavy (non-hydrogen) atoms. The van der Waals surface area contributed by atoms with Gasteiger partial charge in [-0.3, -0.25) is 19.7 Å². The van der Waals surface area contributed by atoms with E-state index in [0.29, 0.717) is 0 Å². The number of amides is 2. The van der Waals surface area contributed by atoms with Crippen LogP contribution in [0.25, 0.3) is 0 Å². The van der Waals surface area contributed by atoms with Crippen LogP contribution in [0.2, 0.25) is 0 Å². The Hall–Kier alpha value is -2.44. The molecule has 0 fully saturated rings. The molecule has 0 aliphatic heterocycles. The summed E-state index contributed by atoms with van der Waals surface area (Å²) in [5.74, 6) is -1.33. The van der Waals surface area contributed by atoms with Gasteiger partial charge in [0.1, 0.15) is 5.54 Å². The number of nitrogens with two attached hydrogens (primary N) is 1. The summed E-state index contributed by atoms with van der Waals surface area (Å²) in [5, 5.41) is 13.1. The van der Waals surface area contributed by atoms with Crippen molar-refractivity contribution in [1.29, 1.82) is 0 Å². The number of rotatable bonds is 5. The molecule has 1 rings (SSSR count). The molecule has 3 N–H and O–H groups in total. The molecule has 0 heterocycles. The first-order valence-electron chi connectivity index (χ1n) is 6.05. The molecule has 0 spiro atoms. The Morgan fingerprint density at radius 2 is 1.80 bits per heavy atom. The SMILES string of the molecule is CC(C)[C@@](C)(NC(=O)c1ccc([N+](=O)[O-])cc1)C(N)=O. The Morgan fingerprint density at radius 1 is 1.30 bits per heavy atom. The molecular weight excluding hydrogens is 262 g/mol. The Balaban J connectivity index is 2.95. The maximum atomic E-state index is 12.1. The molecule has 1 aromatic rings. The highest BCUT2D eigenvalue weighted by Crippen LogP contribution is 2.18. The number of nitrogens with zero attached hydrogens (tertiary/aromatic N) is 1. The van der Waals surface area contributed by atoms with Gasteiger partial charge in [0.05, 0.1) is 4.92 Å². The van der Waals surface area contributed by atoms with Crippen molar-refractivity contribution in [1.82, 2.24) is 5.32 Å². The number of nitro benzene ring substituents is 1. The number of benzene rings is 1. The lowest BCUT2D eigenvalue weighted by atomic mass is 9.87.